The Bertz CT molecular complexity index is 565. The van der Waals surface area contributed by atoms with Crippen LogP contribution < -0.4 is 10.6 Å². The third kappa shape index (κ3) is 4.03. The van der Waals surface area contributed by atoms with Gasteiger partial charge in [-0.3, -0.25) is 4.79 Å². The fourth-order valence-corrected chi connectivity index (χ4v) is 1.75. The molecule has 0 fully saturated rings. The van der Waals surface area contributed by atoms with E-state index in [-0.39, 0.29) is 11.7 Å². The fourth-order valence-electron chi connectivity index (χ4n) is 1.75. The van der Waals surface area contributed by atoms with Gasteiger partial charge in [0, 0.05) is 24.8 Å². The molecule has 2 rings (SSSR count). The van der Waals surface area contributed by atoms with Crippen LogP contribution in [0.2, 0.25) is 0 Å². The van der Waals surface area contributed by atoms with Crippen molar-refractivity contribution in [3.05, 3.63) is 54.1 Å². The smallest absolute Gasteiger partial charge is 0.221 e. The van der Waals surface area contributed by atoms with E-state index >= 15 is 0 Å². The van der Waals surface area contributed by atoms with E-state index in [1.165, 1.54) is 6.92 Å². The number of hydrogen-bond donors (Lipinski definition) is 3. The minimum Gasteiger partial charge on any atom is -0.508 e. The third-order valence-electron chi connectivity index (χ3n) is 2.61. The number of aromatic hydroxyl groups is 1. The summed E-state index contributed by atoms with van der Waals surface area (Å²) in [4.78, 5) is 10.9. The summed E-state index contributed by atoms with van der Waals surface area (Å²) in [5.74, 6) is 0.181. The van der Waals surface area contributed by atoms with Gasteiger partial charge in [-0.2, -0.15) is 0 Å². The number of anilines is 2. The van der Waals surface area contributed by atoms with Crippen molar-refractivity contribution in [2.24, 2.45) is 0 Å². The molecule has 0 aromatic heterocycles. The summed E-state index contributed by atoms with van der Waals surface area (Å²) in [5.41, 5.74) is 2.73. The number of rotatable bonds is 4. The highest BCUT2D eigenvalue weighted by Gasteiger charge is 1.97. The van der Waals surface area contributed by atoms with E-state index in [1.54, 1.807) is 12.1 Å². The molecule has 0 atom stereocenters. The van der Waals surface area contributed by atoms with Crippen molar-refractivity contribution in [3.8, 4) is 5.75 Å². The van der Waals surface area contributed by atoms with Gasteiger partial charge in [0.1, 0.15) is 5.75 Å². The fraction of sp³-hybridized carbons (Fsp3) is 0.133. The van der Waals surface area contributed by atoms with E-state index in [0.29, 0.717) is 6.54 Å². The second-order valence-electron chi connectivity index (χ2n) is 4.28. The van der Waals surface area contributed by atoms with Gasteiger partial charge in [0.25, 0.3) is 0 Å². The molecule has 0 heterocycles. The summed E-state index contributed by atoms with van der Waals surface area (Å²) in [7, 11) is 0. The molecule has 0 aliphatic rings. The van der Waals surface area contributed by atoms with Crippen LogP contribution in [0.15, 0.2) is 48.5 Å². The van der Waals surface area contributed by atoms with Crippen LogP contribution in [-0.2, 0) is 11.3 Å². The highest BCUT2D eigenvalue weighted by Crippen LogP contribution is 2.16. The average molecular weight is 256 g/mol. The summed E-state index contributed by atoms with van der Waals surface area (Å²) >= 11 is 0. The Morgan fingerprint density at radius 1 is 1.11 bits per heavy atom. The standard InChI is InChI=1S/C15H16N2O2/c1-11(18)17-14-7-5-13(6-8-14)16-10-12-3-2-4-15(19)9-12/h2-9,16,19H,10H2,1H3,(H,17,18). The second-order valence-corrected chi connectivity index (χ2v) is 4.28. The number of amides is 1. The van der Waals surface area contributed by atoms with Crippen molar-refractivity contribution in [2.45, 2.75) is 13.5 Å². The van der Waals surface area contributed by atoms with Gasteiger partial charge in [-0.15, -0.1) is 0 Å². The molecule has 98 valence electrons. The first kappa shape index (κ1) is 13.0. The topological polar surface area (TPSA) is 61.4 Å². The average Bonchev–Trinajstić information content (AvgIpc) is 2.37. The number of phenolic OH excluding ortho intramolecular Hbond substituents is 1. The van der Waals surface area contributed by atoms with Crippen molar-refractivity contribution in [2.75, 3.05) is 10.6 Å². The van der Waals surface area contributed by atoms with Crippen molar-refractivity contribution < 1.29 is 9.90 Å². The summed E-state index contributed by atoms with van der Waals surface area (Å²) in [6, 6.07) is 14.6. The molecule has 0 spiro atoms. The van der Waals surface area contributed by atoms with Gasteiger partial charge in [-0.05, 0) is 42.0 Å². The molecule has 4 heteroatoms. The molecule has 0 unspecified atom stereocenters. The van der Waals surface area contributed by atoms with Crippen LogP contribution in [0.5, 0.6) is 5.75 Å². The normalized spacial score (nSPS) is 9.95. The van der Waals surface area contributed by atoms with Gasteiger partial charge in [-0.25, -0.2) is 0 Å². The lowest BCUT2D eigenvalue weighted by Crippen LogP contribution is -2.05. The Morgan fingerprint density at radius 3 is 2.42 bits per heavy atom. The number of carbonyl (C=O) groups excluding carboxylic acids is 1. The summed E-state index contributed by atoms with van der Waals surface area (Å²) in [5, 5.41) is 15.3. The first-order valence-electron chi connectivity index (χ1n) is 6.03. The van der Waals surface area contributed by atoms with Crippen LogP contribution in [0.3, 0.4) is 0 Å². The highest BCUT2D eigenvalue weighted by molar-refractivity contribution is 5.88. The number of benzene rings is 2. The molecule has 1 amide bonds. The number of nitrogens with one attached hydrogen (secondary N) is 2. The summed E-state index contributed by atoms with van der Waals surface area (Å²) < 4.78 is 0. The van der Waals surface area contributed by atoms with E-state index in [0.717, 1.165) is 16.9 Å². The van der Waals surface area contributed by atoms with Crippen LogP contribution >= 0.6 is 0 Å². The largest absolute Gasteiger partial charge is 0.508 e. The molecule has 3 N–H and O–H groups in total. The third-order valence-corrected chi connectivity index (χ3v) is 2.61. The molecular formula is C15H16N2O2. The van der Waals surface area contributed by atoms with Crippen LogP contribution in [0, 0.1) is 0 Å². The van der Waals surface area contributed by atoms with E-state index in [4.69, 9.17) is 0 Å². The molecule has 0 radical (unpaired) electrons. The summed E-state index contributed by atoms with van der Waals surface area (Å²) in [6.45, 7) is 2.11. The zero-order valence-electron chi connectivity index (χ0n) is 10.7. The van der Waals surface area contributed by atoms with Gasteiger partial charge < -0.3 is 15.7 Å². The highest BCUT2D eigenvalue weighted by atomic mass is 16.3. The van der Waals surface area contributed by atoms with Crippen LogP contribution in [-0.4, -0.2) is 11.0 Å². The molecule has 4 nitrogen and oxygen atoms in total. The lowest BCUT2D eigenvalue weighted by molar-refractivity contribution is -0.114. The van der Waals surface area contributed by atoms with E-state index < -0.39 is 0 Å². The van der Waals surface area contributed by atoms with Crippen molar-refractivity contribution in [3.63, 3.8) is 0 Å². The maximum atomic E-state index is 10.9. The lowest BCUT2D eigenvalue weighted by Gasteiger charge is -2.08. The first-order chi connectivity index (χ1) is 9.13. The van der Waals surface area contributed by atoms with Gasteiger partial charge >= 0.3 is 0 Å². The Labute approximate surface area is 112 Å². The molecule has 0 saturated heterocycles. The molecule has 0 bridgehead atoms. The minimum absolute atomic E-state index is 0.0829. The predicted molar refractivity (Wildman–Crippen MR) is 76.2 cm³/mol. The van der Waals surface area contributed by atoms with Gasteiger partial charge in [0.15, 0.2) is 0 Å². The van der Waals surface area contributed by atoms with Crippen LogP contribution in [0.4, 0.5) is 11.4 Å². The van der Waals surface area contributed by atoms with E-state index in [1.807, 2.05) is 36.4 Å². The maximum absolute atomic E-state index is 10.9. The predicted octanol–water partition coefficient (Wildman–Crippen LogP) is 2.96. The molecule has 19 heavy (non-hydrogen) atoms. The lowest BCUT2D eigenvalue weighted by atomic mass is 10.2. The Hall–Kier alpha value is -2.49. The Balaban J connectivity index is 1.94. The van der Waals surface area contributed by atoms with Crippen LogP contribution in [0.1, 0.15) is 12.5 Å². The Morgan fingerprint density at radius 2 is 1.79 bits per heavy atom. The van der Waals surface area contributed by atoms with Crippen molar-refractivity contribution in [1.82, 2.24) is 0 Å². The second kappa shape index (κ2) is 5.91. The molecule has 0 aliphatic heterocycles. The van der Waals surface area contributed by atoms with E-state index in [9.17, 15) is 9.90 Å². The van der Waals surface area contributed by atoms with E-state index in [2.05, 4.69) is 10.6 Å². The number of hydrogen-bond acceptors (Lipinski definition) is 3. The Kier molecular flexibility index (Phi) is 4.03. The van der Waals surface area contributed by atoms with Crippen LogP contribution in [0.25, 0.3) is 0 Å². The molecular weight excluding hydrogens is 240 g/mol. The van der Waals surface area contributed by atoms with Gasteiger partial charge in [0.05, 0.1) is 0 Å². The van der Waals surface area contributed by atoms with Crippen molar-refractivity contribution in [1.29, 1.82) is 0 Å². The summed E-state index contributed by atoms with van der Waals surface area (Å²) in [6.07, 6.45) is 0. The molecule has 2 aromatic rings. The molecule has 0 aliphatic carbocycles. The van der Waals surface area contributed by atoms with Gasteiger partial charge in [-0.1, -0.05) is 12.1 Å². The molecule has 2 aromatic carbocycles. The van der Waals surface area contributed by atoms with Crippen molar-refractivity contribution >= 4 is 17.3 Å². The molecule has 0 saturated carbocycles. The quantitative estimate of drug-likeness (QED) is 0.788. The number of phenols is 1. The zero-order valence-corrected chi connectivity index (χ0v) is 10.7. The van der Waals surface area contributed by atoms with Gasteiger partial charge in [0.2, 0.25) is 5.91 Å². The SMILES string of the molecule is CC(=O)Nc1ccc(NCc2cccc(O)c2)cc1. The number of carbonyl (C=O) groups is 1. The monoisotopic (exact) mass is 256 g/mol. The zero-order chi connectivity index (χ0) is 13.7. The maximum Gasteiger partial charge on any atom is 0.221 e. The minimum atomic E-state index is -0.0829. The first-order valence-corrected chi connectivity index (χ1v) is 6.03.